The number of nitrogens with two attached hydrogens (primary N) is 1. The zero-order chi connectivity index (χ0) is 20.9. The lowest BCUT2D eigenvalue weighted by molar-refractivity contribution is 0.0662. The normalized spacial score (nSPS) is 14.4. The van der Waals surface area contributed by atoms with Gasteiger partial charge in [0.05, 0.1) is 29.4 Å². The Kier molecular flexibility index (Phi) is 5.93. The maximum Gasteiger partial charge on any atom is 0.196 e. The van der Waals surface area contributed by atoms with Crippen LogP contribution in [0.1, 0.15) is 45.9 Å². The minimum Gasteiger partial charge on any atom is -0.381 e. The molecule has 0 radical (unpaired) electrons. The van der Waals surface area contributed by atoms with Gasteiger partial charge in [0.1, 0.15) is 0 Å². The van der Waals surface area contributed by atoms with Crippen LogP contribution in [0.5, 0.6) is 0 Å². The maximum absolute atomic E-state index is 13.3. The number of carbonyl (C=O) groups excluding carboxylic acids is 1. The van der Waals surface area contributed by atoms with Crippen LogP contribution in [-0.4, -0.2) is 45.3 Å². The molecule has 0 bridgehead atoms. The van der Waals surface area contributed by atoms with Crippen LogP contribution in [-0.2, 0) is 11.2 Å². The van der Waals surface area contributed by atoms with Crippen molar-refractivity contribution in [1.29, 1.82) is 5.26 Å². The van der Waals surface area contributed by atoms with E-state index < -0.39 is 0 Å². The third kappa shape index (κ3) is 4.13. The van der Waals surface area contributed by atoms with Crippen molar-refractivity contribution >= 4 is 5.78 Å². The number of aromatic nitrogens is 4. The van der Waals surface area contributed by atoms with Crippen LogP contribution in [0.25, 0.3) is 11.4 Å². The van der Waals surface area contributed by atoms with Crippen molar-refractivity contribution in [2.24, 2.45) is 5.73 Å². The highest BCUT2D eigenvalue weighted by atomic mass is 16.5. The summed E-state index contributed by atoms with van der Waals surface area (Å²) < 4.78 is 7.23. The molecule has 1 fully saturated rings. The fourth-order valence-corrected chi connectivity index (χ4v) is 3.55. The summed E-state index contributed by atoms with van der Waals surface area (Å²) in [4.78, 5) is 22.1. The second-order valence-corrected chi connectivity index (χ2v) is 7.21. The van der Waals surface area contributed by atoms with Crippen molar-refractivity contribution in [3.63, 3.8) is 0 Å². The number of carbonyl (C=O) groups is 1. The van der Waals surface area contributed by atoms with Gasteiger partial charge in [-0.3, -0.25) is 9.48 Å². The van der Waals surface area contributed by atoms with Crippen molar-refractivity contribution in [3.8, 4) is 17.5 Å². The Morgan fingerprint density at radius 2 is 2.00 bits per heavy atom. The molecule has 4 rings (SSSR count). The van der Waals surface area contributed by atoms with Crippen LogP contribution >= 0.6 is 0 Å². The van der Waals surface area contributed by atoms with Gasteiger partial charge in [0.2, 0.25) is 0 Å². The second-order valence-electron chi connectivity index (χ2n) is 7.21. The highest BCUT2D eigenvalue weighted by Crippen LogP contribution is 2.26. The number of hydrogen-bond acceptors (Lipinski definition) is 7. The Morgan fingerprint density at radius 1 is 1.23 bits per heavy atom. The first-order chi connectivity index (χ1) is 14.7. The molecular weight excluding hydrogens is 380 g/mol. The van der Waals surface area contributed by atoms with Crippen LogP contribution < -0.4 is 5.73 Å². The van der Waals surface area contributed by atoms with Gasteiger partial charge < -0.3 is 10.5 Å². The van der Waals surface area contributed by atoms with Crippen molar-refractivity contribution in [2.45, 2.75) is 25.3 Å². The lowest BCUT2D eigenvalue weighted by Crippen LogP contribution is -2.19. The average molecular weight is 402 g/mol. The van der Waals surface area contributed by atoms with Crippen LogP contribution in [0.3, 0.4) is 0 Å². The van der Waals surface area contributed by atoms with E-state index in [2.05, 4.69) is 21.1 Å². The molecule has 1 aliphatic rings. The Morgan fingerprint density at radius 3 is 2.70 bits per heavy atom. The first-order valence-corrected chi connectivity index (χ1v) is 9.91. The van der Waals surface area contributed by atoms with E-state index in [0.717, 1.165) is 18.4 Å². The van der Waals surface area contributed by atoms with Crippen LogP contribution in [0.2, 0.25) is 0 Å². The second kappa shape index (κ2) is 8.95. The molecular formula is C22H22N6O2. The van der Waals surface area contributed by atoms with Gasteiger partial charge >= 0.3 is 0 Å². The van der Waals surface area contributed by atoms with Crippen molar-refractivity contribution in [2.75, 3.05) is 19.8 Å². The molecule has 1 aromatic carbocycles. The SMILES string of the molecule is N#Cc1ccc(-c2ncc(CCN)cn2)c(C(=O)c2cnn(C3CCOCC3)c2)c1. The molecule has 3 heterocycles. The Hall–Kier alpha value is -3.41. The third-order valence-corrected chi connectivity index (χ3v) is 5.20. The Labute approximate surface area is 174 Å². The van der Waals surface area contributed by atoms with Crippen LogP contribution in [0, 0.1) is 11.3 Å². The molecule has 8 heteroatoms. The van der Waals surface area contributed by atoms with E-state index in [1.165, 1.54) is 0 Å². The molecule has 0 atom stereocenters. The van der Waals surface area contributed by atoms with Gasteiger partial charge in [0.25, 0.3) is 0 Å². The number of ketones is 1. The topological polar surface area (TPSA) is 120 Å². The average Bonchev–Trinajstić information content (AvgIpc) is 3.30. The largest absolute Gasteiger partial charge is 0.381 e. The zero-order valence-electron chi connectivity index (χ0n) is 16.5. The highest BCUT2D eigenvalue weighted by Gasteiger charge is 2.21. The minimum absolute atomic E-state index is 0.213. The van der Waals surface area contributed by atoms with Gasteiger partial charge in [0.15, 0.2) is 11.6 Å². The summed E-state index contributed by atoms with van der Waals surface area (Å²) >= 11 is 0. The molecule has 0 spiro atoms. The molecule has 3 aromatic rings. The molecule has 0 aliphatic carbocycles. The molecule has 2 aromatic heterocycles. The smallest absolute Gasteiger partial charge is 0.196 e. The van der Waals surface area contributed by atoms with Crippen molar-refractivity contribution in [3.05, 3.63) is 65.2 Å². The quantitative estimate of drug-likeness (QED) is 0.628. The molecule has 30 heavy (non-hydrogen) atoms. The number of rotatable bonds is 6. The maximum atomic E-state index is 13.3. The monoisotopic (exact) mass is 402 g/mol. The summed E-state index contributed by atoms with van der Waals surface area (Å²) in [7, 11) is 0. The number of nitrogens with zero attached hydrogens (tertiary/aromatic N) is 5. The molecule has 1 aliphatic heterocycles. The lowest BCUT2D eigenvalue weighted by Gasteiger charge is -2.22. The van der Waals surface area contributed by atoms with E-state index in [4.69, 9.17) is 10.5 Å². The van der Waals surface area contributed by atoms with E-state index in [1.807, 2.05) is 4.68 Å². The molecule has 0 unspecified atom stereocenters. The first-order valence-electron chi connectivity index (χ1n) is 9.91. The van der Waals surface area contributed by atoms with E-state index in [1.54, 1.807) is 43.0 Å². The molecule has 1 saturated heterocycles. The molecule has 0 amide bonds. The zero-order valence-corrected chi connectivity index (χ0v) is 16.5. The van der Waals surface area contributed by atoms with Gasteiger partial charge in [-0.15, -0.1) is 0 Å². The van der Waals surface area contributed by atoms with Crippen molar-refractivity contribution in [1.82, 2.24) is 19.7 Å². The summed E-state index contributed by atoms with van der Waals surface area (Å²) in [6, 6.07) is 7.28. The Balaban J connectivity index is 1.68. The number of benzene rings is 1. The third-order valence-electron chi connectivity index (χ3n) is 5.20. The van der Waals surface area contributed by atoms with Gasteiger partial charge in [-0.25, -0.2) is 9.97 Å². The number of hydrogen-bond donors (Lipinski definition) is 1. The number of nitriles is 1. The van der Waals surface area contributed by atoms with E-state index in [0.29, 0.717) is 54.3 Å². The fourth-order valence-electron chi connectivity index (χ4n) is 3.55. The standard InChI is InChI=1S/C22H22N6O2/c23-6-3-16-11-25-22(26-12-16)19-2-1-15(10-24)9-20(19)21(29)17-13-27-28(14-17)18-4-7-30-8-5-18/h1-2,9,11-14,18H,3-8,23H2. The van der Waals surface area contributed by atoms with Gasteiger partial charge in [-0.2, -0.15) is 10.4 Å². The van der Waals surface area contributed by atoms with Gasteiger partial charge in [-0.1, -0.05) is 0 Å². The minimum atomic E-state index is -0.213. The summed E-state index contributed by atoms with van der Waals surface area (Å²) in [5.41, 5.74) is 8.34. The summed E-state index contributed by atoms with van der Waals surface area (Å²) in [5, 5.41) is 13.7. The van der Waals surface area contributed by atoms with Gasteiger partial charge in [0, 0.05) is 42.9 Å². The highest BCUT2D eigenvalue weighted by molar-refractivity contribution is 6.12. The van der Waals surface area contributed by atoms with Crippen LogP contribution in [0.4, 0.5) is 0 Å². The van der Waals surface area contributed by atoms with Crippen LogP contribution in [0.15, 0.2) is 43.0 Å². The van der Waals surface area contributed by atoms with E-state index in [9.17, 15) is 10.1 Å². The molecule has 152 valence electrons. The summed E-state index contributed by atoms with van der Waals surface area (Å²) in [6.07, 6.45) is 9.19. The molecule has 2 N–H and O–H groups in total. The number of ether oxygens (including phenoxy) is 1. The van der Waals surface area contributed by atoms with Gasteiger partial charge in [-0.05, 0) is 49.6 Å². The van der Waals surface area contributed by atoms with Crippen molar-refractivity contribution < 1.29 is 9.53 Å². The lowest BCUT2D eigenvalue weighted by atomic mass is 9.97. The predicted octanol–water partition coefficient (Wildman–Crippen LogP) is 2.30. The Bertz CT molecular complexity index is 1080. The molecule has 8 nitrogen and oxygen atoms in total. The summed E-state index contributed by atoms with van der Waals surface area (Å²) in [5.74, 6) is 0.218. The fraction of sp³-hybridized carbons (Fsp3) is 0.318. The summed E-state index contributed by atoms with van der Waals surface area (Å²) in [6.45, 7) is 1.90. The van der Waals surface area contributed by atoms with E-state index >= 15 is 0 Å². The van der Waals surface area contributed by atoms with E-state index in [-0.39, 0.29) is 11.8 Å². The first kappa shape index (κ1) is 19.9. The molecule has 0 saturated carbocycles. The predicted molar refractivity (Wildman–Crippen MR) is 110 cm³/mol.